The lowest BCUT2D eigenvalue weighted by Crippen LogP contribution is -2.28. The first-order valence-corrected chi connectivity index (χ1v) is 7.77. The lowest BCUT2D eigenvalue weighted by molar-refractivity contribution is -0.118. The van der Waals surface area contributed by atoms with Crippen molar-refractivity contribution in [3.05, 3.63) is 53.1 Å². The van der Waals surface area contributed by atoms with Crippen molar-refractivity contribution in [2.45, 2.75) is 18.3 Å². The molecule has 2 aromatic rings. The Hall–Kier alpha value is -2.20. The van der Waals surface area contributed by atoms with Crippen LogP contribution in [-0.4, -0.2) is 20.1 Å². The van der Waals surface area contributed by atoms with E-state index < -0.39 is 5.41 Å². The van der Waals surface area contributed by atoms with Gasteiger partial charge in [-0.1, -0.05) is 29.8 Å². The predicted octanol–water partition coefficient (Wildman–Crippen LogP) is 4.03. The van der Waals surface area contributed by atoms with Gasteiger partial charge in [0.05, 0.1) is 30.3 Å². The molecule has 0 bridgehead atoms. The van der Waals surface area contributed by atoms with Gasteiger partial charge in [-0.25, -0.2) is 0 Å². The number of ether oxygens (including phenoxy) is 2. The van der Waals surface area contributed by atoms with Crippen molar-refractivity contribution in [1.29, 1.82) is 0 Å². The lowest BCUT2D eigenvalue weighted by atomic mass is 9.94. The van der Waals surface area contributed by atoms with Crippen LogP contribution in [0.25, 0.3) is 0 Å². The summed E-state index contributed by atoms with van der Waals surface area (Å²) >= 11 is 6.12. The topological polar surface area (TPSA) is 47.6 Å². The van der Waals surface area contributed by atoms with E-state index in [1.165, 1.54) is 0 Å². The van der Waals surface area contributed by atoms with Crippen LogP contribution < -0.4 is 14.8 Å². The summed E-state index contributed by atoms with van der Waals surface area (Å²) in [5.41, 5.74) is 1.05. The van der Waals surface area contributed by atoms with Crippen LogP contribution in [0.3, 0.4) is 0 Å². The van der Waals surface area contributed by atoms with Crippen molar-refractivity contribution in [3.63, 3.8) is 0 Å². The quantitative estimate of drug-likeness (QED) is 0.900. The summed E-state index contributed by atoms with van der Waals surface area (Å²) in [4.78, 5) is 12.8. The maximum absolute atomic E-state index is 12.8. The fourth-order valence-electron chi connectivity index (χ4n) is 2.71. The molecule has 0 aliphatic heterocycles. The molecule has 0 radical (unpaired) electrons. The Balaban J connectivity index is 1.87. The number of carbonyl (C=O) groups is 1. The molecule has 5 heteroatoms. The molecule has 120 valence electrons. The Morgan fingerprint density at radius 3 is 2.39 bits per heavy atom. The van der Waals surface area contributed by atoms with Crippen LogP contribution in [0.1, 0.15) is 18.4 Å². The van der Waals surface area contributed by atoms with E-state index in [-0.39, 0.29) is 5.91 Å². The number of rotatable bonds is 5. The van der Waals surface area contributed by atoms with Crippen LogP contribution in [0, 0.1) is 0 Å². The highest BCUT2D eigenvalue weighted by Crippen LogP contribution is 2.50. The molecule has 1 aliphatic carbocycles. The van der Waals surface area contributed by atoms with Crippen molar-refractivity contribution < 1.29 is 14.3 Å². The first-order valence-electron chi connectivity index (χ1n) is 7.39. The standard InChI is InChI=1S/C18H18ClNO3/c1-22-15-8-7-12(11-16(15)23-2)18(9-10-18)17(21)20-14-6-4-3-5-13(14)19/h3-8,11H,9-10H2,1-2H3,(H,20,21). The minimum absolute atomic E-state index is 0.0437. The van der Waals surface area contributed by atoms with Gasteiger partial charge in [0, 0.05) is 0 Å². The van der Waals surface area contributed by atoms with Crippen molar-refractivity contribution in [2.24, 2.45) is 0 Å². The number of hydrogen-bond acceptors (Lipinski definition) is 3. The number of nitrogens with one attached hydrogen (secondary N) is 1. The first-order chi connectivity index (χ1) is 11.1. The molecule has 2 aromatic carbocycles. The predicted molar refractivity (Wildman–Crippen MR) is 90.5 cm³/mol. The van der Waals surface area contributed by atoms with E-state index in [0.29, 0.717) is 22.2 Å². The van der Waals surface area contributed by atoms with Crippen LogP contribution in [0.15, 0.2) is 42.5 Å². The van der Waals surface area contributed by atoms with Crippen LogP contribution >= 0.6 is 11.6 Å². The molecule has 1 fully saturated rings. The summed E-state index contributed by atoms with van der Waals surface area (Å²) < 4.78 is 10.6. The van der Waals surface area contributed by atoms with Crippen molar-refractivity contribution >= 4 is 23.2 Å². The maximum Gasteiger partial charge on any atom is 0.235 e. The molecule has 1 saturated carbocycles. The highest BCUT2D eigenvalue weighted by atomic mass is 35.5. The van der Waals surface area contributed by atoms with E-state index >= 15 is 0 Å². The van der Waals surface area contributed by atoms with Gasteiger partial charge < -0.3 is 14.8 Å². The van der Waals surface area contributed by atoms with Crippen LogP contribution in [-0.2, 0) is 10.2 Å². The van der Waals surface area contributed by atoms with Gasteiger partial charge in [0.2, 0.25) is 5.91 Å². The molecule has 0 aromatic heterocycles. The zero-order valence-electron chi connectivity index (χ0n) is 13.1. The molecule has 4 nitrogen and oxygen atoms in total. The SMILES string of the molecule is COc1ccc(C2(C(=O)Nc3ccccc3Cl)CC2)cc1OC. The molecule has 1 amide bonds. The van der Waals surface area contributed by atoms with Crippen LogP contribution in [0.4, 0.5) is 5.69 Å². The van der Waals surface area contributed by atoms with E-state index in [4.69, 9.17) is 21.1 Å². The van der Waals surface area contributed by atoms with Crippen molar-refractivity contribution in [3.8, 4) is 11.5 Å². The van der Waals surface area contributed by atoms with E-state index in [1.54, 1.807) is 26.4 Å². The molecular formula is C18H18ClNO3. The van der Waals surface area contributed by atoms with Crippen molar-refractivity contribution in [2.75, 3.05) is 19.5 Å². The third kappa shape index (κ3) is 2.86. The van der Waals surface area contributed by atoms with Crippen LogP contribution in [0.5, 0.6) is 11.5 Å². The molecule has 0 unspecified atom stereocenters. The monoisotopic (exact) mass is 331 g/mol. The number of halogens is 1. The fraction of sp³-hybridized carbons (Fsp3) is 0.278. The number of methoxy groups -OCH3 is 2. The lowest BCUT2D eigenvalue weighted by Gasteiger charge is -2.18. The summed E-state index contributed by atoms with van der Waals surface area (Å²) in [5, 5.41) is 3.47. The third-order valence-electron chi connectivity index (χ3n) is 4.24. The van der Waals surface area contributed by atoms with Crippen molar-refractivity contribution in [1.82, 2.24) is 0 Å². The molecule has 0 heterocycles. The average Bonchev–Trinajstić information content (AvgIpc) is 3.38. The highest BCUT2D eigenvalue weighted by Gasteiger charge is 2.51. The average molecular weight is 332 g/mol. The molecule has 0 spiro atoms. The zero-order chi connectivity index (χ0) is 16.4. The number of carbonyl (C=O) groups excluding carboxylic acids is 1. The van der Waals surface area contributed by atoms with Gasteiger partial charge in [0.15, 0.2) is 11.5 Å². The smallest absolute Gasteiger partial charge is 0.235 e. The Morgan fingerprint density at radius 2 is 1.78 bits per heavy atom. The highest BCUT2D eigenvalue weighted by molar-refractivity contribution is 6.33. The zero-order valence-corrected chi connectivity index (χ0v) is 13.8. The Labute approximate surface area is 140 Å². The number of anilines is 1. The Bertz CT molecular complexity index is 741. The summed E-state index contributed by atoms with van der Waals surface area (Å²) in [6.45, 7) is 0. The van der Waals surface area contributed by atoms with E-state index in [2.05, 4.69) is 5.32 Å². The maximum atomic E-state index is 12.8. The van der Waals surface area contributed by atoms with E-state index in [0.717, 1.165) is 18.4 Å². The fourth-order valence-corrected chi connectivity index (χ4v) is 2.89. The number of para-hydroxylation sites is 1. The second kappa shape index (κ2) is 6.13. The van der Waals surface area contributed by atoms with Gasteiger partial charge in [-0.2, -0.15) is 0 Å². The largest absolute Gasteiger partial charge is 0.493 e. The van der Waals surface area contributed by atoms with Gasteiger partial charge >= 0.3 is 0 Å². The molecule has 23 heavy (non-hydrogen) atoms. The number of amides is 1. The van der Waals surface area contributed by atoms with Gasteiger partial charge in [-0.15, -0.1) is 0 Å². The molecule has 0 atom stereocenters. The summed E-state index contributed by atoms with van der Waals surface area (Å²) in [5.74, 6) is 1.23. The van der Waals surface area contributed by atoms with Gasteiger partial charge in [0.25, 0.3) is 0 Å². The minimum Gasteiger partial charge on any atom is -0.493 e. The third-order valence-corrected chi connectivity index (χ3v) is 4.57. The van der Waals surface area contributed by atoms with E-state index in [1.807, 2.05) is 30.3 Å². The Kier molecular flexibility index (Phi) is 4.18. The molecular weight excluding hydrogens is 314 g/mol. The number of hydrogen-bond donors (Lipinski definition) is 1. The molecule has 0 saturated heterocycles. The Morgan fingerprint density at radius 1 is 1.09 bits per heavy atom. The summed E-state index contributed by atoms with van der Waals surface area (Å²) in [6, 6.07) is 12.9. The minimum atomic E-state index is -0.515. The molecule has 1 aliphatic rings. The number of benzene rings is 2. The summed E-state index contributed by atoms with van der Waals surface area (Å²) in [6.07, 6.45) is 1.61. The second-order valence-corrected chi connectivity index (χ2v) is 5.99. The van der Waals surface area contributed by atoms with Gasteiger partial charge in [-0.05, 0) is 42.7 Å². The molecule has 1 N–H and O–H groups in total. The summed E-state index contributed by atoms with van der Waals surface area (Å²) in [7, 11) is 3.18. The van der Waals surface area contributed by atoms with Gasteiger partial charge in [0.1, 0.15) is 0 Å². The second-order valence-electron chi connectivity index (χ2n) is 5.59. The van der Waals surface area contributed by atoms with Gasteiger partial charge in [-0.3, -0.25) is 4.79 Å². The molecule has 3 rings (SSSR count). The normalized spacial score (nSPS) is 14.9. The van der Waals surface area contributed by atoms with E-state index in [9.17, 15) is 4.79 Å². The van der Waals surface area contributed by atoms with Crippen LogP contribution in [0.2, 0.25) is 5.02 Å². The first kappa shape index (κ1) is 15.7.